The van der Waals surface area contributed by atoms with Crippen molar-refractivity contribution in [2.24, 2.45) is 0 Å². The predicted molar refractivity (Wildman–Crippen MR) is 86.1 cm³/mol. The van der Waals surface area contributed by atoms with E-state index >= 15 is 0 Å². The molecule has 5 heteroatoms. The van der Waals surface area contributed by atoms with Crippen LogP contribution < -0.4 is 0 Å². The normalized spacial score (nSPS) is 12.8. The van der Waals surface area contributed by atoms with Gasteiger partial charge in [-0.25, -0.2) is 8.42 Å². The lowest BCUT2D eigenvalue weighted by atomic mass is 10.1. The molecule has 0 aromatic heterocycles. The summed E-state index contributed by atoms with van der Waals surface area (Å²) >= 11 is 0.956. The van der Waals surface area contributed by atoms with Gasteiger partial charge in [-0.1, -0.05) is 60.3 Å². The molecule has 0 fully saturated rings. The molecule has 2 rings (SSSR count). The van der Waals surface area contributed by atoms with E-state index in [1.807, 2.05) is 30.3 Å². The van der Waals surface area contributed by atoms with Crippen molar-refractivity contribution in [3.8, 4) is 0 Å². The molecule has 0 bridgehead atoms. The van der Waals surface area contributed by atoms with Crippen molar-refractivity contribution < 1.29 is 13.2 Å². The number of hydrogen-bond acceptors (Lipinski definition) is 4. The van der Waals surface area contributed by atoms with Gasteiger partial charge in [-0.2, -0.15) is 0 Å². The van der Waals surface area contributed by atoms with E-state index in [0.29, 0.717) is 0 Å². The Morgan fingerprint density at radius 2 is 1.52 bits per heavy atom. The van der Waals surface area contributed by atoms with Crippen LogP contribution in [0.3, 0.4) is 0 Å². The zero-order valence-corrected chi connectivity index (χ0v) is 13.2. The third kappa shape index (κ3) is 3.74. The molecule has 2 aromatic rings. The second-order valence-electron chi connectivity index (χ2n) is 4.56. The van der Waals surface area contributed by atoms with Crippen LogP contribution in [0.4, 0.5) is 0 Å². The van der Waals surface area contributed by atoms with Gasteiger partial charge >= 0.3 is 0 Å². The lowest BCUT2D eigenvalue weighted by molar-refractivity contribution is -0.110. The van der Waals surface area contributed by atoms with Gasteiger partial charge in [-0.05, 0) is 30.4 Å². The molecule has 0 saturated carbocycles. The number of benzene rings is 2. The van der Waals surface area contributed by atoms with Crippen LogP contribution in [0, 0.1) is 0 Å². The van der Waals surface area contributed by atoms with Crippen LogP contribution in [-0.2, 0) is 21.1 Å². The minimum atomic E-state index is -3.68. The van der Waals surface area contributed by atoms with E-state index in [1.165, 1.54) is 12.1 Å². The van der Waals surface area contributed by atoms with Gasteiger partial charge in [0.05, 0.1) is 4.90 Å². The number of rotatable bonds is 5. The summed E-state index contributed by atoms with van der Waals surface area (Å²) in [5, 5.41) is -1.39. The van der Waals surface area contributed by atoms with Crippen molar-refractivity contribution in [2.45, 2.75) is 16.6 Å². The van der Waals surface area contributed by atoms with Crippen LogP contribution >= 0.6 is 11.8 Å². The topological polar surface area (TPSA) is 51.2 Å². The summed E-state index contributed by atoms with van der Waals surface area (Å²) in [4.78, 5) is 12.3. The predicted octanol–water partition coefficient (Wildman–Crippen LogP) is 2.96. The summed E-state index contributed by atoms with van der Waals surface area (Å²) in [6.45, 7) is 0. The Morgan fingerprint density at radius 1 is 1.00 bits per heavy atom. The fraction of sp³-hybridized carbons (Fsp3) is 0.188. The Morgan fingerprint density at radius 3 is 2.05 bits per heavy atom. The fourth-order valence-corrected chi connectivity index (χ4v) is 4.60. The maximum Gasteiger partial charge on any atom is 0.207 e. The molecule has 0 radical (unpaired) electrons. The van der Waals surface area contributed by atoms with Crippen molar-refractivity contribution in [3.63, 3.8) is 0 Å². The highest BCUT2D eigenvalue weighted by molar-refractivity contribution is 8.14. The first-order chi connectivity index (χ1) is 10.1. The van der Waals surface area contributed by atoms with Gasteiger partial charge in [0.15, 0.2) is 9.84 Å². The number of hydrogen-bond donors (Lipinski definition) is 0. The summed E-state index contributed by atoms with van der Waals surface area (Å²) < 4.78 is 25.4. The second-order valence-corrected chi connectivity index (χ2v) is 7.50. The number of sulfone groups is 1. The average molecular weight is 320 g/mol. The van der Waals surface area contributed by atoms with Crippen molar-refractivity contribution in [1.29, 1.82) is 0 Å². The highest BCUT2D eigenvalue weighted by atomic mass is 32.2. The number of thioether (sulfide) groups is 1. The molecule has 0 amide bonds. The summed E-state index contributed by atoms with van der Waals surface area (Å²) in [6, 6.07) is 17.3. The molecule has 110 valence electrons. The molecular weight excluding hydrogens is 304 g/mol. The van der Waals surface area contributed by atoms with Crippen LogP contribution in [0.25, 0.3) is 0 Å². The van der Waals surface area contributed by atoms with Gasteiger partial charge < -0.3 is 0 Å². The third-order valence-corrected chi connectivity index (χ3v) is 6.07. The van der Waals surface area contributed by atoms with Crippen molar-refractivity contribution >= 4 is 26.7 Å². The van der Waals surface area contributed by atoms with Crippen LogP contribution in [0.5, 0.6) is 0 Å². The Hall–Kier alpha value is -1.59. The van der Waals surface area contributed by atoms with E-state index in [-0.39, 0.29) is 16.4 Å². The van der Waals surface area contributed by atoms with Crippen molar-refractivity contribution in [3.05, 3.63) is 66.2 Å². The minimum absolute atomic E-state index is 0.188. The molecular formula is C16H16O3S2. The molecule has 2 aromatic carbocycles. The van der Waals surface area contributed by atoms with Crippen molar-refractivity contribution in [1.82, 2.24) is 0 Å². The summed E-state index contributed by atoms with van der Waals surface area (Å²) in [5.74, 6) is 0. The van der Waals surface area contributed by atoms with Gasteiger partial charge in [0.1, 0.15) is 5.25 Å². The lowest BCUT2D eigenvalue weighted by Gasteiger charge is -2.15. The van der Waals surface area contributed by atoms with E-state index in [1.54, 1.807) is 24.5 Å². The maximum atomic E-state index is 12.7. The molecule has 0 aliphatic heterocycles. The van der Waals surface area contributed by atoms with Gasteiger partial charge in [0, 0.05) is 0 Å². The van der Waals surface area contributed by atoms with Gasteiger partial charge in [-0.15, -0.1) is 0 Å². The number of carbonyl (C=O) groups excluding carboxylic acids is 1. The minimum Gasteiger partial charge on any atom is -0.286 e. The largest absolute Gasteiger partial charge is 0.286 e. The second kappa shape index (κ2) is 6.91. The van der Waals surface area contributed by atoms with Crippen LogP contribution in [0.2, 0.25) is 0 Å². The molecule has 1 unspecified atom stereocenters. The first-order valence-corrected chi connectivity index (χ1v) is 9.23. The van der Waals surface area contributed by atoms with Crippen LogP contribution in [0.15, 0.2) is 65.6 Å². The third-order valence-electron chi connectivity index (χ3n) is 3.17. The Kier molecular flexibility index (Phi) is 5.20. The quantitative estimate of drug-likeness (QED) is 0.850. The Balaban J connectivity index is 2.39. The Bertz CT molecular complexity index is 695. The zero-order chi connectivity index (χ0) is 15.3. The van der Waals surface area contributed by atoms with Gasteiger partial charge in [-0.3, -0.25) is 4.79 Å². The summed E-state index contributed by atoms with van der Waals surface area (Å²) in [6.07, 6.45) is 1.80. The summed E-state index contributed by atoms with van der Waals surface area (Å²) in [5.41, 5.74) is 0.837. The number of carbonyl (C=O) groups is 1. The average Bonchev–Trinajstić information content (AvgIpc) is 2.53. The molecule has 0 aliphatic carbocycles. The molecule has 0 N–H and O–H groups in total. The zero-order valence-electron chi connectivity index (χ0n) is 11.6. The molecule has 0 saturated heterocycles. The van der Waals surface area contributed by atoms with E-state index in [9.17, 15) is 13.2 Å². The van der Waals surface area contributed by atoms with Crippen molar-refractivity contribution in [2.75, 3.05) is 6.26 Å². The Labute approximate surface area is 129 Å². The summed E-state index contributed by atoms with van der Waals surface area (Å²) in [7, 11) is -3.68. The van der Waals surface area contributed by atoms with Crippen LogP contribution in [-0.4, -0.2) is 25.0 Å². The lowest BCUT2D eigenvalue weighted by Crippen LogP contribution is -2.30. The molecule has 3 nitrogen and oxygen atoms in total. The van der Waals surface area contributed by atoms with Gasteiger partial charge in [0.25, 0.3) is 0 Å². The van der Waals surface area contributed by atoms with E-state index in [2.05, 4.69) is 0 Å². The van der Waals surface area contributed by atoms with Gasteiger partial charge in [0.2, 0.25) is 5.12 Å². The smallest absolute Gasteiger partial charge is 0.207 e. The molecule has 21 heavy (non-hydrogen) atoms. The molecule has 0 heterocycles. The fourth-order valence-electron chi connectivity index (χ4n) is 2.05. The first-order valence-electron chi connectivity index (χ1n) is 6.46. The molecule has 0 aliphatic rings. The monoisotopic (exact) mass is 320 g/mol. The van der Waals surface area contributed by atoms with Crippen LogP contribution in [0.1, 0.15) is 5.56 Å². The van der Waals surface area contributed by atoms with E-state index in [4.69, 9.17) is 0 Å². The van der Waals surface area contributed by atoms with E-state index < -0.39 is 15.1 Å². The molecule has 1 atom stereocenters. The standard InChI is InChI=1S/C16H16O3S2/c1-20-16(17)15(12-13-8-4-2-5-9-13)21(18,19)14-10-6-3-7-11-14/h2-11,15H,12H2,1H3. The molecule has 0 spiro atoms. The SMILES string of the molecule is CSC(=O)C(Cc1ccccc1)S(=O)(=O)c1ccccc1. The maximum absolute atomic E-state index is 12.7. The van der Waals surface area contributed by atoms with E-state index in [0.717, 1.165) is 17.3 Å². The highest BCUT2D eigenvalue weighted by Crippen LogP contribution is 2.23. The highest BCUT2D eigenvalue weighted by Gasteiger charge is 2.33. The first kappa shape index (κ1) is 15.8.